The van der Waals surface area contributed by atoms with E-state index >= 15 is 0 Å². The van der Waals surface area contributed by atoms with E-state index in [9.17, 15) is 4.79 Å². The summed E-state index contributed by atoms with van der Waals surface area (Å²) < 4.78 is 11.1. The predicted molar refractivity (Wildman–Crippen MR) is 114 cm³/mol. The molecule has 4 rings (SSSR count). The summed E-state index contributed by atoms with van der Waals surface area (Å²) >= 11 is 6.45. The smallest absolute Gasteiger partial charge is 0.238 e. The molecule has 1 aromatic heterocycles. The molecule has 3 aromatic rings. The van der Waals surface area contributed by atoms with Gasteiger partial charge in [-0.1, -0.05) is 30.7 Å². The zero-order chi connectivity index (χ0) is 20.2. The van der Waals surface area contributed by atoms with E-state index in [0.29, 0.717) is 48.5 Å². The molecule has 6 nitrogen and oxygen atoms in total. The van der Waals surface area contributed by atoms with Crippen LogP contribution in [-0.2, 0) is 11.3 Å². The van der Waals surface area contributed by atoms with Gasteiger partial charge in [-0.3, -0.25) is 14.7 Å². The molecule has 1 amide bonds. The summed E-state index contributed by atoms with van der Waals surface area (Å²) in [4.78, 5) is 19.1. The number of nitrogens with one attached hydrogen (secondary N) is 1. The van der Waals surface area contributed by atoms with E-state index in [1.54, 1.807) is 12.3 Å². The van der Waals surface area contributed by atoms with Crippen LogP contribution in [0.1, 0.15) is 12.5 Å². The Kier molecular flexibility index (Phi) is 5.83. The van der Waals surface area contributed by atoms with Gasteiger partial charge < -0.3 is 14.8 Å². The highest BCUT2D eigenvalue weighted by Gasteiger charge is 2.16. The van der Waals surface area contributed by atoms with Crippen molar-refractivity contribution >= 4 is 34.1 Å². The number of ether oxygens (including phenoxy) is 2. The molecular formula is C22H22ClN3O3. The SMILES string of the molecule is CCN(CC(=O)Nc1ccc2c(c1)OCCO2)Cc1c(Cl)ccc2cccnc12. The Labute approximate surface area is 174 Å². The first kappa shape index (κ1) is 19.5. The number of amides is 1. The summed E-state index contributed by atoms with van der Waals surface area (Å²) in [6, 6.07) is 13.2. The summed E-state index contributed by atoms with van der Waals surface area (Å²) in [6.45, 7) is 4.55. The fraction of sp³-hybridized carbons (Fsp3) is 0.273. The zero-order valence-corrected chi connectivity index (χ0v) is 16.9. The number of halogens is 1. The average Bonchev–Trinajstić information content (AvgIpc) is 2.75. The lowest BCUT2D eigenvalue weighted by Gasteiger charge is -2.22. The van der Waals surface area contributed by atoms with Crippen LogP contribution >= 0.6 is 11.6 Å². The van der Waals surface area contributed by atoms with Crippen LogP contribution in [0.3, 0.4) is 0 Å². The maximum atomic E-state index is 12.6. The number of hydrogen-bond donors (Lipinski definition) is 1. The van der Waals surface area contributed by atoms with Crippen LogP contribution in [0.5, 0.6) is 11.5 Å². The summed E-state index contributed by atoms with van der Waals surface area (Å²) in [6.07, 6.45) is 1.76. The highest BCUT2D eigenvalue weighted by Crippen LogP contribution is 2.32. The highest BCUT2D eigenvalue weighted by atomic mass is 35.5. The van der Waals surface area contributed by atoms with Gasteiger partial charge in [0, 0.05) is 40.5 Å². The largest absolute Gasteiger partial charge is 0.486 e. The molecule has 0 fully saturated rings. The van der Waals surface area contributed by atoms with Crippen LogP contribution in [0.25, 0.3) is 10.9 Å². The Morgan fingerprint density at radius 1 is 1.17 bits per heavy atom. The quantitative estimate of drug-likeness (QED) is 0.661. The van der Waals surface area contributed by atoms with Crippen molar-refractivity contribution in [3.05, 3.63) is 59.2 Å². The van der Waals surface area contributed by atoms with E-state index in [-0.39, 0.29) is 12.5 Å². The van der Waals surface area contributed by atoms with Crippen molar-refractivity contribution in [2.45, 2.75) is 13.5 Å². The Morgan fingerprint density at radius 3 is 2.83 bits per heavy atom. The lowest BCUT2D eigenvalue weighted by molar-refractivity contribution is -0.117. The fourth-order valence-corrected chi connectivity index (χ4v) is 3.57. The maximum absolute atomic E-state index is 12.6. The van der Waals surface area contributed by atoms with E-state index < -0.39 is 0 Å². The summed E-state index contributed by atoms with van der Waals surface area (Å²) in [7, 11) is 0. The molecule has 7 heteroatoms. The second kappa shape index (κ2) is 8.68. The van der Waals surface area contributed by atoms with Gasteiger partial charge >= 0.3 is 0 Å². The number of anilines is 1. The first-order valence-corrected chi connectivity index (χ1v) is 9.96. The van der Waals surface area contributed by atoms with Crippen molar-refractivity contribution in [1.82, 2.24) is 9.88 Å². The summed E-state index contributed by atoms with van der Waals surface area (Å²) in [5, 5.41) is 4.62. The molecule has 0 radical (unpaired) electrons. The lowest BCUT2D eigenvalue weighted by Crippen LogP contribution is -2.33. The van der Waals surface area contributed by atoms with Gasteiger partial charge in [-0.2, -0.15) is 0 Å². The minimum atomic E-state index is -0.104. The molecule has 1 N–H and O–H groups in total. The molecule has 150 valence electrons. The molecule has 2 aromatic carbocycles. The van der Waals surface area contributed by atoms with Gasteiger partial charge in [0.2, 0.25) is 5.91 Å². The fourth-order valence-electron chi connectivity index (χ4n) is 3.36. The monoisotopic (exact) mass is 411 g/mol. The molecule has 0 unspecified atom stereocenters. The molecule has 1 aliphatic rings. The molecular weight excluding hydrogens is 390 g/mol. The number of carbonyl (C=O) groups is 1. The third-order valence-electron chi connectivity index (χ3n) is 4.84. The number of rotatable bonds is 6. The van der Waals surface area contributed by atoms with Crippen LogP contribution in [0.4, 0.5) is 5.69 Å². The summed E-state index contributed by atoms with van der Waals surface area (Å²) in [5.41, 5.74) is 2.48. The molecule has 0 aliphatic carbocycles. The molecule has 0 atom stereocenters. The van der Waals surface area contributed by atoms with Crippen molar-refractivity contribution in [3.63, 3.8) is 0 Å². The number of benzene rings is 2. The Balaban J connectivity index is 1.45. The van der Waals surface area contributed by atoms with Gasteiger partial charge in [0.15, 0.2) is 11.5 Å². The Bertz CT molecular complexity index is 1040. The second-order valence-corrected chi connectivity index (χ2v) is 7.22. The molecule has 0 spiro atoms. The number of fused-ring (bicyclic) bond motifs is 2. The number of aromatic nitrogens is 1. The molecule has 1 aliphatic heterocycles. The molecule has 2 heterocycles. The van der Waals surface area contributed by atoms with Gasteiger partial charge in [0.1, 0.15) is 13.2 Å². The van der Waals surface area contributed by atoms with E-state index in [1.165, 1.54) is 0 Å². The van der Waals surface area contributed by atoms with E-state index in [1.807, 2.05) is 48.2 Å². The molecule has 29 heavy (non-hydrogen) atoms. The molecule has 0 saturated carbocycles. The van der Waals surface area contributed by atoms with Gasteiger partial charge in [-0.25, -0.2) is 0 Å². The topological polar surface area (TPSA) is 63.7 Å². The normalized spacial score (nSPS) is 12.9. The minimum Gasteiger partial charge on any atom is -0.486 e. The van der Waals surface area contributed by atoms with Crippen molar-refractivity contribution in [2.24, 2.45) is 0 Å². The van der Waals surface area contributed by atoms with Gasteiger partial charge in [-0.05, 0) is 30.8 Å². The minimum absolute atomic E-state index is 0.104. The third-order valence-corrected chi connectivity index (χ3v) is 5.20. The van der Waals surface area contributed by atoms with Gasteiger partial charge in [-0.15, -0.1) is 0 Å². The number of pyridine rings is 1. The number of hydrogen-bond acceptors (Lipinski definition) is 5. The maximum Gasteiger partial charge on any atom is 0.238 e. The van der Waals surface area contributed by atoms with Crippen LogP contribution in [-0.4, -0.2) is 42.1 Å². The van der Waals surface area contributed by atoms with Crippen LogP contribution in [0.2, 0.25) is 5.02 Å². The predicted octanol–water partition coefficient (Wildman–Crippen LogP) is 4.12. The standard InChI is InChI=1S/C22H22ClN3O3/c1-2-26(13-17-18(23)7-5-15-4-3-9-24-22(15)17)14-21(27)25-16-6-8-19-20(12-16)29-11-10-28-19/h3-9,12H,2,10-11,13-14H2,1H3,(H,25,27). The zero-order valence-electron chi connectivity index (χ0n) is 16.2. The Hall–Kier alpha value is -2.83. The van der Waals surface area contributed by atoms with Crippen LogP contribution < -0.4 is 14.8 Å². The first-order chi connectivity index (χ1) is 14.1. The van der Waals surface area contributed by atoms with Crippen LogP contribution in [0, 0.1) is 0 Å². The van der Waals surface area contributed by atoms with Gasteiger partial charge in [0.25, 0.3) is 0 Å². The Morgan fingerprint density at radius 2 is 2.00 bits per heavy atom. The lowest BCUT2D eigenvalue weighted by atomic mass is 10.1. The third kappa shape index (κ3) is 4.44. The van der Waals surface area contributed by atoms with Crippen molar-refractivity contribution < 1.29 is 14.3 Å². The number of likely N-dealkylation sites (N-methyl/N-ethyl adjacent to an activating group) is 1. The number of carbonyl (C=O) groups excluding carboxylic acids is 1. The highest BCUT2D eigenvalue weighted by molar-refractivity contribution is 6.32. The van der Waals surface area contributed by atoms with Crippen LogP contribution in [0.15, 0.2) is 48.7 Å². The first-order valence-electron chi connectivity index (χ1n) is 9.58. The molecule has 0 saturated heterocycles. The van der Waals surface area contributed by atoms with E-state index in [0.717, 1.165) is 16.5 Å². The van der Waals surface area contributed by atoms with E-state index in [2.05, 4.69) is 10.3 Å². The second-order valence-electron chi connectivity index (χ2n) is 6.81. The average molecular weight is 412 g/mol. The summed E-state index contributed by atoms with van der Waals surface area (Å²) in [5.74, 6) is 1.24. The molecule has 0 bridgehead atoms. The van der Waals surface area contributed by atoms with Crippen molar-refractivity contribution in [1.29, 1.82) is 0 Å². The van der Waals surface area contributed by atoms with Crippen molar-refractivity contribution in [2.75, 3.05) is 31.6 Å². The number of nitrogens with zero attached hydrogens (tertiary/aromatic N) is 2. The van der Waals surface area contributed by atoms with Gasteiger partial charge in [0.05, 0.1) is 12.1 Å². The van der Waals surface area contributed by atoms with Crippen molar-refractivity contribution in [3.8, 4) is 11.5 Å². The van der Waals surface area contributed by atoms with E-state index in [4.69, 9.17) is 21.1 Å².